The summed E-state index contributed by atoms with van der Waals surface area (Å²) in [5.41, 5.74) is 0.913. The van der Waals surface area contributed by atoms with Crippen LogP contribution in [0.25, 0.3) is 0 Å². The Bertz CT molecular complexity index is 466. The third-order valence-corrected chi connectivity index (χ3v) is 5.20. The van der Waals surface area contributed by atoms with Crippen LogP contribution >= 0.6 is 11.8 Å². The van der Waals surface area contributed by atoms with Crippen LogP contribution in [0.5, 0.6) is 0 Å². The second kappa shape index (κ2) is 7.80. The van der Waals surface area contributed by atoms with Crippen molar-refractivity contribution in [3.8, 4) is 0 Å². The van der Waals surface area contributed by atoms with Crippen LogP contribution < -0.4 is 5.32 Å². The highest BCUT2D eigenvalue weighted by molar-refractivity contribution is 7.99. The topological polar surface area (TPSA) is 32.3 Å². The average molecular weight is 310 g/mol. The summed E-state index contributed by atoms with van der Waals surface area (Å²) in [6.07, 6.45) is 5.74. The van der Waals surface area contributed by atoms with E-state index < -0.39 is 0 Å². The molecule has 1 aromatic rings. The Labute approximate surface area is 130 Å². The van der Waals surface area contributed by atoms with Crippen molar-refractivity contribution in [2.75, 3.05) is 19.8 Å². The van der Waals surface area contributed by atoms with Gasteiger partial charge in [0.25, 0.3) is 0 Å². The van der Waals surface area contributed by atoms with E-state index in [2.05, 4.69) is 16.5 Å². The number of carbonyl (C=O) groups is 1. The van der Waals surface area contributed by atoms with Crippen molar-refractivity contribution in [2.45, 2.75) is 37.1 Å². The smallest absolute Gasteiger partial charge is 0.234 e. The van der Waals surface area contributed by atoms with Crippen molar-refractivity contribution in [3.63, 3.8) is 0 Å². The normalized spacial score (nSPS) is 21.7. The fraction of sp³-hybridized carbons (Fsp3) is 0.562. The molecule has 21 heavy (non-hydrogen) atoms. The molecule has 1 N–H and O–H groups in total. The zero-order valence-corrected chi connectivity index (χ0v) is 13.5. The van der Waals surface area contributed by atoms with Crippen LogP contribution in [-0.2, 0) is 11.3 Å². The Balaban J connectivity index is 1.73. The maximum atomic E-state index is 12.8. The largest absolute Gasteiger partial charge is 0.351 e. The maximum absolute atomic E-state index is 12.8. The third-order valence-electron chi connectivity index (χ3n) is 4.11. The summed E-state index contributed by atoms with van der Waals surface area (Å²) >= 11 is 1.92. The number of thioether (sulfide) groups is 1. The minimum Gasteiger partial charge on any atom is -0.351 e. The molecule has 0 saturated heterocycles. The number of amides is 1. The lowest BCUT2D eigenvalue weighted by molar-refractivity contribution is -0.122. The molecule has 3 nitrogen and oxygen atoms in total. The molecule has 0 aliphatic heterocycles. The highest BCUT2D eigenvalue weighted by Crippen LogP contribution is 2.30. The summed E-state index contributed by atoms with van der Waals surface area (Å²) in [4.78, 5) is 14.1. The number of likely N-dealkylation sites (N-methyl/N-ethyl adjacent to an activating group) is 1. The van der Waals surface area contributed by atoms with Gasteiger partial charge in [-0.3, -0.25) is 9.69 Å². The van der Waals surface area contributed by atoms with Gasteiger partial charge in [0.2, 0.25) is 5.91 Å². The first-order valence-corrected chi connectivity index (χ1v) is 8.61. The molecule has 0 radical (unpaired) electrons. The molecule has 2 atom stereocenters. The third kappa shape index (κ3) is 5.00. The Morgan fingerprint density at radius 2 is 2.10 bits per heavy atom. The van der Waals surface area contributed by atoms with Gasteiger partial charge in [0.15, 0.2) is 0 Å². The maximum Gasteiger partial charge on any atom is 0.234 e. The lowest BCUT2D eigenvalue weighted by Crippen LogP contribution is -2.39. The van der Waals surface area contributed by atoms with Crippen molar-refractivity contribution in [1.82, 2.24) is 10.2 Å². The van der Waals surface area contributed by atoms with Gasteiger partial charge in [0.05, 0.1) is 6.54 Å². The van der Waals surface area contributed by atoms with Gasteiger partial charge in [0, 0.05) is 17.8 Å². The van der Waals surface area contributed by atoms with Crippen molar-refractivity contribution >= 4 is 17.7 Å². The van der Waals surface area contributed by atoms with Gasteiger partial charge in [-0.05, 0) is 50.3 Å². The highest BCUT2D eigenvalue weighted by atomic mass is 32.2. The Hall–Kier alpha value is -1.07. The van der Waals surface area contributed by atoms with E-state index in [1.165, 1.54) is 31.4 Å². The molecule has 1 fully saturated rings. The van der Waals surface area contributed by atoms with Gasteiger partial charge in [0.1, 0.15) is 5.82 Å². The molecule has 0 unspecified atom stereocenters. The monoisotopic (exact) mass is 310 g/mol. The van der Waals surface area contributed by atoms with Crippen LogP contribution in [0.3, 0.4) is 0 Å². The minimum atomic E-state index is -0.255. The minimum absolute atomic E-state index is 0.0226. The molecule has 1 amide bonds. The molecular formula is C16H23FN2OS. The number of hydrogen-bond donors (Lipinski definition) is 1. The summed E-state index contributed by atoms with van der Waals surface area (Å²) in [6, 6.07) is 6.72. The standard InChI is InChI=1S/C16H23FN2OS/c1-19(14-7-8-15(9-14)21-2)11-16(20)18-10-12-3-5-13(17)6-4-12/h3-6,14-15H,7-11H2,1-2H3,(H,18,20)/t14-,15-/m0/s1. The molecule has 0 spiro atoms. The number of nitrogens with one attached hydrogen (secondary N) is 1. The molecule has 1 aliphatic rings. The molecular weight excluding hydrogens is 287 g/mol. The van der Waals surface area contributed by atoms with Crippen LogP contribution in [0, 0.1) is 5.82 Å². The van der Waals surface area contributed by atoms with Crippen molar-refractivity contribution in [3.05, 3.63) is 35.6 Å². The number of carbonyl (C=O) groups excluding carboxylic acids is 1. The van der Waals surface area contributed by atoms with Gasteiger partial charge in [-0.25, -0.2) is 4.39 Å². The SMILES string of the molecule is CS[C@H]1CC[C@H](N(C)CC(=O)NCc2ccc(F)cc2)C1. The van der Waals surface area contributed by atoms with Crippen LogP contribution in [0.2, 0.25) is 0 Å². The molecule has 0 bridgehead atoms. The summed E-state index contributed by atoms with van der Waals surface area (Å²) < 4.78 is 12.8. The van der Waals surface area contributed by atoms with Crippen molar-refractivity contribution < 1.29 is 9.18 Å². The van der Waals surface area contributed by atoms with E-state index in [4.69, 9.17) is 0 Å². The van der Waals surface area contributed by atoms with Crippen LogP contribution in [-0.4, -0.2) is 41.9 Å². The second-order valence-corrected chi connectivity index (χ2v) is 6.78. The molecule has 0 aromatic heterocycles. The van der Waals surface area contributed by atoms with Crippen molar-refractivity contribution in [1.29, 1.82) is 0 Å². The number of rotatable bonds is 6. The van der Waals surface area contributed by atoms with E-state index in [0.717, 1.165) is 10.8 Å². The fourth-order valence-corrected chi connectivity index (χ4v) is 3.53. The number of benzene rings is 1. The number of nitrogens with zero attached hydrogens (tertiary/aromatic N) is 1. The van der Waals surface area contributed by atoms with Gasteiger partial charge in [-0.2, -0.15) is 11.8 Å². The van der Waals surface area contributed by atoms with E-state index in [1.807, 2.05) is 18.8 Å². The molecule has 1 aliphatic carbocycles. The zero-order chi connectivity index (χ0) is 15.2. The predicted molar refractivity (Wildman–Crippen MR) is 85.8 cm³/mol. The number of halogens is 1. The summed E-state index contributed by atoms with van der Waals surface area (Å²) in [5, 5.41) is 3.63. The summed E-state index contributed by atoms with van der Waals surface area (Å²) in [6.45, 7) is 0.873. The molecule has 116 valence electrons. The van der Waals surface area contributed by atoms with Crippen LogP contribution in [0.1, 0.15) is 24.8 Å². The molecule has 5 heteroatoms. The van der Waals surface area contributed by atoms with Gasteiger partial charge in [-0.15, -0.1) is 0 Å². The Morgan fingerprint density at radius 1 is 1.38 bits per heavy atom. The first-order chi connectivity index (χ1) is 10.1. The molecule has 0 heterocycles. The fourth-order valence-electron chi connectivity index (χ4n) is 2.75. The summed E-state index contributed by atoms with van der Waals surface area (Å²) in [7, 11) is 2.02. The predicted octanol–water partition coefficient (Wildman–Crippen LogP) is 2.66. The van der Waals surface area contributed by atoms with Gasteiger partial charge >= 0.3 is 0 Å². The lowest BCUT2D eigenvalue weighted by Gasteiger charge is -2.23. The molecule has 1 saturated carbocycles. The molecule has 1 aromatic carbocycles. The van der Waals surface area contributed by atoms with E-state index in [1.54, 1.807) is 12.1 Å². The van der Waals surface area contributed by atoms with Gasteiger partial charge in [-0.1, -0.05) is 12.1 Å². The van der Waals surface area contributed by atoms with Crippen LogP contribution in [0.4, 0.5) is 4.39 Å². The summed E-state index contributed by atoms with van der Waals surface area (Å²) in [5.74, 6) is -0.233. The first-order valence-electron chi connectivity index (χ1n) is 7.32. The van der Waals surface area contributed by atoms with Crippen LogP contribution in [0.15, 0.2) is 24.3 Å². The highest BCUT2D eigenvalue weighted by Gasteiger charge is 2.27. The van der Waals surface area contributed by atoms with E-state index in [0.29, 0.717) is 19.1 Å². The Morgan fingerprint density at radius 3 is 2.71 bits per heavy atom. The second-order valence-electron chi connectivity index (χ2n) is 5.64. The van der Waals surface area contributed by atoms with E-state index in [9.17, 15) is 9.18 Å². The molecule has 2 rings (SSSR count). The Kier molecular flexibility index (Phi) is 6.06. The van der Waals surface area contributed by atoms with Crippen molar-refractivity contribution in [2.24, 2.45) is 0 Å². The first kappa shape index (κ1) is 16.3. The number of hydrogen-bond acceptors (Lipinski definition) is 3. The average Bonchev–Trinajstić information content (AvgIpc) is 2.96. The van der Waals surface area contributed by atoms with E-state index >= 15 is 0 Å². The zero-order valence-electron chi connectivity index (χ0n) is 12.6. The van der Waals surface area contributed by atoms with Gasteiger partial charge < -0.3 is 5.32 Å². The lowest BCUT2D eigenvalue weighted by atomic mass is 10.2. The van der Waals surface area contributed by atoms with E-state index in [-0.39, 0.29) is 11.7 Å². The quantitative estimate of drug-likeness (QED) is 0.877.